The summed E-state index contributed by atoms with van der Waals surface area (Å²) in [5.74, 6) is 2.54. The number of fused-ring (bicyclic) bond motifs is 2. The minimum Gasteiger partial charge on any atom is -0.508 e. The molecule has 2 heterocycles. The Morgan fingerprint density at radius 2 is 2.15 bits per heavy atom. The van der Waals surface area contributed by atoms with Gasteiger partial charge in [0, 0.05) is 30.8 Å². The Morgan fingerprint density at radius 1 is 1.25 bits per heavy atom. The molecular formula is C16H22N2O2. The van der Waals surface area contributed by atoms with Crippen molar-refractivity contribution in [2.75, 3.05) is 19.7 Å². The minimum atomic E-state index is 0.279. The number of nitrogens with zero attached hydrogens (tertiary/aromatic N) is 1. The van der Waals surface area contributed by atoms with Gasteiger partial charge in [-0.1, -0.05) is 6.42 Å². The van der Waals surface area contributed by atoms with Crippen LogP contribution in [0.2, 0.25) is 0 Å². The maximum Gasteiger partial charge on any atom is 0.127 e. The molecule has 0 spiro atoms. The van der Waals surface area contributed by atoms with Gasteiger partial charge in [0.2, 0.25) is 0 Å². The van der Waals surface area contributed by atoms with Gasteiger partial charge in [-0.05, 0) is 36.8 Å². The summed E-state index contributed by atoms with van der Waals surface area (Å²) in [4.78, 5) is 2.55. The summed E-state index contributed by atoms with van der Waals surface area (Å²) >= 11 is 0. The van der Waals surface area contributed by atoms with Crippen LogP contribution >= 0.6 is 0 Å². The van der Waals surface area contributed by atoms with E-state index in [4.69, 9.17) is 10.5 Å². The quantitative estimate of drug-likeness (QED) is 0.821. The zero-order valence-electron chi connectivity index (χ0n) is 11.7. The average molecular weight is 274 g/mol. The molecule has 0 radical (unpaired) electrons. The lowest BCUT2D eigenvalue weighted by molar-refractivity contribution is 0.186. The van der Waals surface area contributed by atoms with E-state index in [1.54, 1.807) is 12.1 Å². The van der Waals surface area contributed by atoms with Gasteiger partial charge >= 0.3 is 0 Å². The van der Waals surface area contributed by atoms with Gasteiger partial charge in [-0.2, -0.15) is 0 Å². The Morgan fingerprint density at radius 3 is 3.00 bits per heavy atom. The van der Waals surface area contributed by atoms with Crippen molar-refractivity contribution >= 4 is 0 Å². The number of rotatable bonds is 1. The molecule has 4 heteroatoms. The Bertz CT molecular complexity index is 519. The highest BCUT2D eigenvalue weighted by molar-refractivity contribution is 5.44. The van der Waals surface area contributed by atoms with Gasteiger partial charge in [0.1, 0.15) is 18.1 Å². The van der Waals surface area contributed by atoms with Crippen molar-refractivity contribution in [3.8, 4) is 11.5 Å². The SMILES string of the molecule is NC1CCCC2CN(C3COc4cc(O)ccc43)CC12. The Hall–Kier alpha value is -1.26. The van der Waals surface area contributed by atoms with Crippen molar-refractivity contribution in [3.63, 3.8) is 0 Å². The van der Waals surface area contributed by atoms with Crippen molar-refractivity contribution in [1.82, 2.24) is 4.90 Å². The first-order chi connectivity index (χ1) is 9.72. The smallest absolute Gasteiger partial charge is 0.127 e. The molecule has 4 atom stereocenters. The van der Waals surface area contributed by atoms with Gasteiger partial charge < -0.3 is 15.6 Å². The van der Waals surface area contributed by atoms with Crippen LogP contribution in [0.3, 0.4) is 0 Å². The number of benzene rings is 1. The van der Waals surface area contributed by atoms with E-state index < -0.39 is 0 Å². The van der Waals surface area contributed by atoms with Gasteiger partial charge in [-0.3, -0.25) is 4.90 Å². The highest BCUT2D eigenvalue weighted by Crippen LogP contribution is 2.43. The number of ether oxygens (including phenoxy) is 1. The minimum absolute atomic E-state index is 0.279. The van der Waals surface area contributed by atoms with Crippen molar-refractivity contribution in [2.45, 2.75) is 31.3 Å². The monoisotopic (exact) mass is 274 g/mol. The average Bonchev–Trinajstić information content (AvgIpc) is 3.02. The van der Waals surface area contributed by atoms with Crippen LogP contribution in [-0.4, -0.2) is 35.7 Å². The molecule has 4 unspecified atom stereocenters. The lowest BCUT2D eigenvalue weighted by Crippen LogP contribution is -2.38. The van der Waals surface area contributed by atoms with Crippen molar-refractivity contribution in [1.29, 1.82) is 0 Å². The lowest BCUT2D eigenvalue weighted by atomic mass is 9.78. The van der Waals surface area contributed by atoms with E-state index in [0.29, 0.717) is 24.6 Å². The molecule has 2 fully saturated rings. The largest absolute Gasteiger partial charge is 0.508 e. The molecule has 3 N–H and O–H groups in total. The van der Waals surface area contributed by atoms with E-state index in [1.165, 1.54) is 24.8 Å². The predicted octanol–water partition coefficient (Wildman–Crippen LogP) is 1.88. The molecular weight excluding hydrogens is 252 g/mol. The summed E-state index contributed by atoms with van der Waals surface area (Å²) in [7, 11) is 0. The number of phenols is 1. The number of phenolic OH excluding ortho intramolecular Hbond substituents is 1. The molecule has 0 aromatic heterocycles. The van der Waals surface area contributed by atoms with Crippen LogP contribution in [0, 0.1) is 11.8 Å². The zero-order chi connectivity index (χ0) is 13.7. The second-order valence-corrected chi connectivity index (χ2v) is 6.52. The number of aromatic hydroxyl groups is 1. The maximum absolute atomic E-state index is 9.54. The first-order valence-corrected chi connectivity index (χ1v) is 7.68. The van der Waals surface area contributed by atoms with E-state index in [1.807, 2.05) is 6.07 Å². The summed E-state index contributed by atoms with van der Waals surface area (Å²) in [6.07, 6.45) is 3.79. The fourth-order valence-electron chi connectivity index (χ4n) is 4.29. The van der Waals surface area contributed by atoms with Crippen LogP contribution in [0.5, 0.6) is 11.5 Å². The third-order valence-corrected chi connectivity index (χ3v) is 5.38. The van der Waals surface area contributed by atoms with Gasteiger partial charge in [0.25, 0.3) is 0 Å². The molecule has 2 aliphatic heterocycles. The highest BCUT2D eigenvalue weighted by Gasteiger charge is 2.42. The molecule has 3 aliphatic rings. The molecule has 1 aromatic rings. The number of nitrogens with two attached hydrogens (primary N) is 1. The summed E-state index contributed by atoms with van der Waals surface area (Å²) in [5.41, 5.74) is 7.52. The van der Waals surface area contributed by atoms with Crippen LogP contribution in [-0.2, 0) is 0 Å². The summed E-state index contributed by atoms with van der Waals surface area (Å²) < 4.78 is 5.75. The Labute approximate surface area is 119 Å². The second kappa shape index (κ2) is 4.64. The zero-order valence-corrected chi connectivity index (χ0v) is 11.7. The van der Waals surface area contributed by atoms with E-state index in [9.17, 15) is 5.11 Å². The molecule has 20 heavy (non-hydrogen) atoms. The molecule has 1 saturated heterocycles. The molecule has 1 aromatic carbocycles. The van der Waals surface area contributed by atoms with Gasteiger partial charge in [0.15, 0.2) is 0 Å². The molecule has 108 valence electrons. The van der Waals surface area contributed by atoms with Crippen molar-refractivity contribution < 1.29 is 9.84 Å². The standard InChI is InChI=1S/C16H22N2O2/c17-14-3-1-2-10-7-18(8-13(10)14)15-9-20-16-6-11(19)4-5-12(15)16/h4-6,10,13-15,19H,1-3,7-9,17H2. The summed E-state index contributed by atoms with van der Waals surface area (Å²) in [6.45, 7) is 2.94. The molecule has 1 saturated carbocycles. The summed E-state index contributed by atoms with van der Waals surface area (Å²) in [6, 6.07) is 6.20. The fourth-order valence-corrected chi connectivity index (χ4v) is 4.29. The van der Waals surface area contributed by atoms with E-state index in [-0.39, 0.29) is 5.75 Å². The van der Waals surface area contributed by atoms with Gasteiger partial charge in [0.05, 0.1) is 6.04 Å². The number of hydrogen-bond acceptors (Lipinski definition) is 4. The normalized spacial score (nSPS) is 36.5. The highest BCUT2D eigenvalue weighted by atomic mass is 16.5. The first kappa shape index (κ1) is 12.5. The number of likely N-dealkylation sites (tertiary alicyclic amines) is 1. The predicted molar refractivity (Wildman–Crippen MR) is 76.7 cm³/mol. The van der Waals surface area contributed by atoms with Gasteiger partial charge in [-0.15, -0.1) is 0 Å². The Kier molecular flexibility index (Phi) is 2.89. The van der Waals surface area contributed by atoms with Crippen LogP contribution < -0.4 is 10.5 Å². The molecule has 0 bridgehead atoms. The molecule has 0 amide bonds. The maximum atomic E-state index is 9.54. The lowest BCUT2D eigenvalue weighted by Gasteiger charge is -2.30. The van der Waals surface area contributed by atoms with Crippen molar-refractivity contribution in [3.05, 3.63) is 23.8 Å². The third kappa shape index (κ3) is 1.90. The van der Waals surface area contributed by atoms with Crippen LogP contribution in [0.1, 0.15) is 30.9 Å². The van der Waals surface area contributed by atoms with Gasteiger partial charge in [-0.25, -0.2) is 0 Å². The number of hydrogen-bond donors (Lipinski definition) is 2. The van der Waals surface area contributed by atoms with E-state index in [0.717, 1.165) is 24.8 Å². The topological polar surface area (TPSA) is 58.7 Å². The van der Waals surface area contributed by atoms with E-state index >= 15 is 0 Å². The van der Waals surface area contributed by atoms with Crippen LogP contribution in [0.15, 0.2) is 18.2 Å². The second-order valence-electron chi connectivity index (χ2n) is 6.52. The molecule has 1 aliphatic carbocycles. The van der Waals surface area contributed by atoms with Crippen LogP contribution in [0.4, 0.5) is 0 Å². The molecule has 4 nitrogen and oxygen atoms in total. The van der Waals surface area contributed by atoms with Crippen LogP contribution in [0.25, 0.3) is 0 Å². The fraction of sp³-hybridized carbons (Fsp3) is 0.625. The van der Waals surface area contributed by atoms with Crippen molar-refractivity contribution in [2.24, 2.45) is 17.6 Å². The van der Waals surface area contributed by atoms with E-state index in [2.05, 4.69) is 4.90 Å². The summed E-state index contributed by atoms with van der Waals surface area (Å²) in [5, 5.41) is 9.54. The third-order valence-electron chi connectivity index (χ3n) is 5.38. The molecule has 4 rings (SSSR count). The first-order valence-electron chi connectivity index (χ1n) is 7.68. The Balaban J connectivity index is 1.56.